The van der Waals surface area contributed by atoms with Crippen molar-refractivity contribution in [3.63, 3.8) is 0 Å². The van der Waals surface area contributed by atoms with Gasteiger partial charge < -0.3 is 14.8 Å². The molecule has 0 spiro atoms. The van der Waals surface area contributed by atoms with Gasteiger partial charge in [0.1, 0.15) is 0 Å². The third-order valence-electron chi connectivity index (χ3n) is 3.30. The molecule has 23 heavy (non-hydrogen) atoms. The van der Waals surface area contributed by atoms with Crippen molar-refractivity contribution in [2.75, 3.05) is 31.8 Å². The number of hydrogen-bond acceptors (Lipinski definition) is 6. The second-order valence-electron chi connectivity index (χ2n) is 5.03. The molecular formula is C16H21NO4S2. The molecule has 1 aromatic carbocycles. The summed E-state index contributed by atoms with van der Waals surface area (Å²) in [6, 6.07) is 7.42. The van der Waals surface area contributed by atoms with Gasteiger partial charge in [0.05, 0.1) is 16.8 Å². The third kappa shape index (κ3) is 5.44. The Morgan fingerprint density at radius 2 is 1.91 bits per heavy atom. The Labute approximate surface area is 144 Å². The highest BCUT2D eigenvalue weighted by Gasteiger charge is 2.20. The molecule has 1 aliphatic heterocycles. The Kier molecular flexibility index (Phi) is 7.26. The van der Waals surface area contributed by atoms with Gasteiger partial charge in [0, 0.05) is 25.2 Å². The van der Waals surface area contributed by atoms with Crippen LogP contribution in [0.25, 0.3) is 0 Å². The number of ether oxygens (including phenoxy) is 2. The van der Waals surface area contributed by atoms with Crippen molar-refractivity contribution in [3.8, 4) is 0 Å². The van der Waals surface area contributed by atoms with Gasteiger partial charge in [-0.2, -0.15) is 0 Å². The largest absolute Gasteiger partial charge is 0.449 e. The standard InChI is InChI=1S/C16H21NO4S2/c1-11(14(18)17-7-8-20-2)21-15(19)12-3-5-13(6-4-12)16-22-9-10-23-16/h3-6,11,16H,7-10H2,1-2H3,(H,17,18)/t11-/m1/s1. The summed E-state index contributed by atoms with van der Waals surface area (Å²) in [4.78, 5) is 23.8. The summed E-state index contributed by atoms with van der Waals surface area (Å²) in [5.41, 5.74) is 1.66. The first-order chi connectivity index (χ1) is 11.1. The van der Waals surface area contributed by atoms with Crippen molar-refractivity contribution in [3.05, 3.63) is 35.4 Å². The van der Waals surface area contributed by atoms with Crippen LogP contribution >= 0.6 is 23.5 Å². The summed E-state index contributed by atoms with van der Waals surface area (Å²) >= 11 is 3.83. The number of hydrogen-bond donors (Lipinski definition) is 1. The first-order valence-corrected chi connectivity index (χ1v) is 9.52. The minimum atomic E-state index is -0.833. The number of carbonyl (C=O) groups excluding carboxylic acids is 2. The summed E-state index contributed by atoms with van der Waals surface area (Å²) in [6.07, 6.45) is -0.833. The molecule has 5 nitrogen and oxygen atoms in total. The maximum atomic E-state index is 12.1. The molecule has 1 aromatic rings. The maximum Gasteiger partial charge on any atom is 0.338 e. The van der Waals surface area contributed by atoms with Gasteiger partial charge in [0.15, 0.2) is 6.10 Å². The van der Waals surface area contributed by atoms with E-state index in [0.29, 0.717) is 23.3 Å². The van der Waals surface area contributed by atoms with E-state index in [4.69, 9.17) is 9.47 Å². The van der Waals surface area contributed by atoms with Gasteiger partial charge in [-0.1, -0.05) is 12.1 Å². The molecule has 1 N–H and O–H groups in total. The molecule has 0 radical (unpaired) electrons. The first-order valence-electron chi connectivity index (χ1n) is 7.42. The van der Waals surface area contributed by atoms with Crippen LogP contribution in [0.2, 0.25) is 0 Å². The fourth-order valence-corrected chi connectivity index (χ4v) is 4.89. The predicted molar refractivity (Wildman–Crippen MR) is 93.9 cm³/mol. The summed E-state index contributed by atoms with van der Waals surface area (Å²) in [7, 11) is 1.56. The van der Waals surface area contributed by atoms with Crippen LogP contribution in [0.4, 0.5) is 0 Å². The quantitative estimate of drug-likeness (QED) is 0.599. The van der Waals surface area contributed by atoms with Gasteiger partial charge in [-0.3, -0.25) is 4.79 Å². The zero-order chi connectivity index (χ0) is 16.7. The van der Waals surface area contributed by atoms with Gasteiger partial charge >= 0.3 is 5.97 Å². The average molecular weight is 355 g/mol. The molecule has 0 bridgehead atoms. The minimum absolute atomic E-state index is 0.328. The van der Waals surface area contributed by atoms with E-state index < -0.39 is 12.1 Å². The van der Waals surface area contributed by atoms with Gasteiger partial charge in [-0.25, -0.2) is 4.79 Å². The second-order valence-corrected chi connectivity index (χ2v) is 7.75. The van der Waals surface area contributed by atoms with Crippen molar-refractivity contribution in [2.45, 2.75) is 17.6 Å². The monoisotopic (exact) mass is 355 g/mol. The van der Waals surface area contributed by atoms with Crippen LogP contribution in [-0.4, -0.2) is 49.7 Å². The normalized spacial score (nSPS) is 16.1. The Morgan fingerprint density at radius 1 is 1.26 bits per heavy atom. The lowest BCUT2D eigenvalue weighted by Gasteiger charge is -2.14. The number of thioether (sulfide) groups is 2. The van der Waals surface area contributed by atoms with Crippen LogP contribution in [0.5, 0.6) is 0 Å². The molecule has 126 valence electrons. The molecule has 0 aromatic heterocycles. The zero-order valence-electron chi connectivity index (χ0n) is 13.2. The molecule has 0 aliphatic carbocycles. The number of methoxy groups -OCH3 is 1. The topological polar surface area (TPSA) is 64.6 Å². The van der Waals surface area contributed by atoms with Crippen LogP contribution in [0, 0.1) is 0 Å². The molecule has 1 fully saturated rings. The highest BCUT2D eigenvalue weighted by molar-refractivity contribution is 8.19. The van der Waals surface area contributed by atoms with E-state index in [1.165, 1.54) is 5.56 Å². The molecule has 1 atom stereocenters. The van der Waals surface area contributed by atoms with Crippen molar-refractivity contribution in [1.82, 2.24) is 5.32 Å². The van der Waals surface area contributed by atoms with Crippen LogP contribution in [-0.2, 0) is 14.3 Å². The Hall–Kier alpha value is -1.18. The lowest BCUT2D eigenvalue weighted by molar-refractivity contribution is -0.129. The summed E-state index contributed by atoms with van der Waals surface area (Å²) < 4.78 is 10.5. The predicted octanol–water partition coefficient (Wildman–Crippen LogP) is 2.47. The highest BCUT2D eigenvalue weighted by Crippen LogP contribution is 2.45. The van der Waals surface area contributed by atoms with Crippen molar-refractivity contribution >= 4 is 35.4 Å². The molecule has 0 saturated carbocycles. The first kappa shape index (κ1) is 18.2. The number of carbonyl (C=O) groups is 2. The smallest absolute Gasteiger partial charge is 0.338 e. The van der Waals surface area contributed by atoms with E-state index >= 15 is 0 Å². The molecule has 1 amide bonds. The summed E-state index contributed by atoms with van der Waals surface area (Å²) in [6.45, 7) is 2.37. The number of nitrogens with one attached hydrogen (secondary N) is 1. The zero-order valence-corrected chi connectivity index (χ0v) is 14.9. The third-order valence-corrected chi connectivity index (χ3v) is 6.40. The fourth-order valence-electron chi connectivity index (χ4n) is 2.03. The van der Waals surface area contributed by atoms with Crippen molar-refractivity contribution < 1.29 is 19.1 Å². The van der Waals surface area contributed by atoms with Gasteiger partial charge in [0.25, 0.3) is 5.91 Å². The highest BCUT2D eigenvalue weighted by atomic mass is 32.2. The fraction of sp³-hybridized carbons (Fsp3) is 0.500. The Bertz CT molecular complexity index is 529. The molecular weight excluding hydrogens is 334 g/mol. The summed E-state index contributed by atoms with van der Waals surface area (Å²) in [5.74, 6) is 1.51. The van der Waals surface area contributed by atoms with E-state index in [-0.39, 0.29) is 5.91 Å². The molecule has 2 rings (SSSR count). The SMILES string of the molecule is COCCNC(=O)[C@@H](C)OC(=O)c1ccc(C2SCCS2)cc1. The number of rotatable bonds is 7. The Morgan fingerprint density at radius 3 is 2.52 bits per heavy atom. The second kappa shape index (κ2) is 9.20. The van der Waals surface area contributed by atoms with E-state index in [1.54, 1.807) is 26.2 Å². The van der Waals surface area contributed by atoms with Crippen LogP contribution < -0.4 is 5.32 Å². The lowest BCUT2D eigenvalue weighted by Crippen LogP contribution is -2.37. The van der Waals surface area contributed by atoms with E-state index in [9.17, 15) is 9.59 Å². The van der Waals surface area contributed by atoms with Crippen molar-refractivity contribution in [2.24, 2.45) is 0 Å². The van der Waals surface area contributed by atoms with E-state index in [2.05, 4.69) is 5.32 Å². The van der Waals surface area contributed by atoms with Crippen LogP contribution in [0.15, 0.2) is 24.3 Å². The van der Waals surface area contributed by atoms with E-state index in [1.807, 2.05) is 35.7 Å². The Balaban J connectivity index is 1.86. The minimum Gasteiger partial charge on any atom is -0.449 e. The lowest BCUT2D eigenvalue weighted by atomic mass is 10.1. The maximum absolute atomic E-state index is 12.1. The summed E-state index contributed by atoms with van der Waals surface area (Å²) in [5, 5.41) is 2.64. The number of benzene rings is 1. The van der Waals surface area contributed by atoms with Gasteiger partial charge in [-0.15, -0.1) is 23.5 Å². The van der Waals surface area contributed by atoms with Gasteiger partial charge in [0.2, 0.25) is 0 Å². The van der Waals surface area contributed by atoms with Crippen LogP contribution in [0.1, 0.15) is 27.4 Å². The molecule has 1 aliphatic rings. The molecule has 1 heterocycles. The molecule has 1 saturated heterocycles. The van der Waals surface area contributed by atoms with Crippen molar-refractivity contribution in [1.29, 1.82) is 0 Å². The molecule has 0 unspecified atom stereocenters. The number of esters is 1. The molecule has 7 heteroatoms. The number of amides is 1. The van der Waals surface area contributed by atoms with E-state index in [0.717, 1.165) is 11.5 Å². The average Bonchev–Trinajstić information content (AvgIpc) is 3.09. The van der Waals surface area contributed by atoms with Crippen LogP contribution in [0.3, 0.4) is 0 Å². The van der Waals surface area contributed by atoms with Gasteiger partial charge in [-0.05, 0) is 24.6 Å².